The van der Waals surface area contributed by atoms with E-state index < -0.39 is 10.0 Å². The summed E-state index contributed by atoms with van der Waals surface area (Å²) in [6, 6.07) is 3.81. The van der Waals surface area contributed by atoms with Crippen LogP contribution in [0.1, 0.15) is 19.6 Å². The lowest BCUT2D eigenvalue weighted by Gasteiger charge is -2.36. The molecule has 9 nitrogen and oxygen atoms in total. The fraction of sp³-hybridized carbons (Fsp3) is 0.737. The van der Waals surface area contributed by atoms with Crippen LogP contribution in [0.2, 0.25) is 0 Å². The molecule has 0 atom stereocenters. The van der Waals surface area contributed by atoms with Crippen LogP contribution in [0.5, 0.6) is 0 Å². The first-order chi connectivity index (χ1) is 13.9. The van der Waals surface area contributed by atoms with E-state index in [2.05, 4.69) is 15.2 Å². The first-order valence-corrected chi connectivity index (χ1v) is 11.7. The Kier molecular flexibility index (Phi) is 9.92. The van der Waals surface area contributed by atoms with Gasteiger partial charge in [-0.15, -0.1) is 0 Å². The summed E-state index contributed by atoms with van der Waals surface area (Å²) >= 11 is 0. The number of hydrogen-bond acceptors (Lipinski definition) is 6. The molecule has 0 radical (unpaired) electrons. The Bertz CT molecular complexity index is 698. The number of methoxy groups -OCH3 is 1. The van der Waals surface area contributed by atoms with Gasteiger partial charge in [0, 0.05) is 46.3 Å². The molecular weight excluding hydrogens is 396 g/mol. The number of ether oxygens (including phenoxy) is 2. The maximum atomic E-state index is 12.5. The van der Waals surface area contributed by atoms with Crippen molar-refractivity contribution in [3.05, 3.63) is 24.2 Å². The molecule has 1 aliphatic rings. The topological polar surface area (TPSA) is 96.6 Å². The van der Waals surface area contributed by atoms with Crippen molar-refractivity contribution in [1.82, 2.24) is 14.5 Å². The summed E-state index contributed by atoms with van der Waals surface area (Å²) in [6.45, 7) is 7.83. The third-order valence-electron chi connectivity index (χ3n) is 4.52. The molecule has 1 fully saturated rings. The molecular formula is C19H34N4O5S. The molecule has 0 saturated carbocycles. The molecule has 166 valence electrons. The first-order valence-electron chi connectivity index (χ1n) is 10.1. The summed E-state index contributed by atoms with van der Waals surface area (Å²) in [5.74, 6) is 1.70. The number of rotatable bonds is 11. The monoisotopic (exact) mass is 430 g/mol. The number of nitrogens with zero attached hydrogens (tertiary/aromatic N) is 3. The van der Waals surface area contributed by atoms with E-state index in [0.717, 1.165) is 18.1 Å². The van der Waals surface area contributed by atoms with Crippen molar-refractivity contribution in [2.45, 2.75) is 26.4 Å². The van der Waals surface area contributed by atoms with Crippen LogP contribution in [-0.4, -0.2) is 95.0 Å². The highest BCUT2D eigenvalue weighted by atomic mass is 32.2. The van der Waals surface area contributed by atoms with E-state index >= 15 is 0 Å². The number of sulfonamides is 1. The molecule has 0 bridgehead atoms. The molecule has 0 aliphatic carbocycles. The maximum Gasteiger partial charge on any atom is 0.216 e. The minimum Gasteiger partial charge on any atom is -0.469 e. The predicted octanol–water partition coefficient (Wildman–Crippen LogP) is 0.787. The van der Waals surface area contributed by atoms with Gasteiger partial charge in [-0.3, -0.25) is 4.99 Å². The van der Waals surface area contributed by atoms with E-state index in [4.69, 9.17) is 13.9 Å². The Labute approximate surface area is 174 Å². The molecule has 10 heteroatoms. The van der Waals surface area contributed by atoms with Crippen LogP contribution in [0.3, 0.4) is 0 Å². The summed E-state index contributed by atoms with van der Waals surface area (Å²) in [7, 11) is -1.66. The van der Waals surface area contributed by atoms with Gasteiger partial charge in [0.15, 0.2) is 5.96 Å². The third-order valence-corrected chi connectivity index (χ3v) is 6.35. The van der Waals surface area contributed by atoms with Crippen molar-refractivity contribution in [2.75, 3.05) is 65.3 Å². The first kappa shape index (κ1) is 23.7. The lowest BCUT2D eigenvalue weighted by molar-refractivity contribution is 0.0904. The molecule has 0 spiro atoms. The molecule has 1 aromatic heterocycles. The van der Waals surface area contributed by atoms with Gasteiger partial charge < -0.3 is 24.1 Å². The molecule has 2 rings (SSSR count). The van der Waals surface area contributed by atoms with Crippen molar-refractivity contribution >= 4 is 16.0 Å². The van der Waals surface area contributed by atoms with Crippen molar-refractivity contribution in [3.8, 4) is 0 Å². The number of furan rings is 1. The molecule has 0 aromatic carbocycles. The number of aliphatic imine (C=N–C) groups is 1. The standard InChI is InChI=1S/C19H34N4O5S/c1-17(2)27-15-16-29(24,25)23-11-9-22(10-12-23)19(21-8-14-26-3)20-7-6-18-5-4-13-28-18/h4-5,13,17H,6-12,14-16H2,1-3H3,(H,20,21). The fourth-order valence-corrected chi connectivity index (χ4v) is 4.24. The Balaban J connectivity index is 1.86. The van der Waals surface area contributed by atoms with Crippen molar-refractivity contribution in [1.29, 1.82) is 0 Å². The lowest BCUT2D eigenvalue weighted by Crippen LogP contribution is -2.54. The minimum atomic E-state index is -3.31. The summed E-state index contributed by atoms with van der Waals surface area (Å²) in [5.41, 5.74) is 0. The lowest BCUT2D eigenvalue weighted by atomic mass is 10.3. The third kappa shape index (κ3) is 8.33. The van der Waals surface area contributed by atoms with E-state index in [9.17, 15) is 8.42 Å². The van der Waals surface area contributed by atoms with Gasteiger partial charge in [0.2, 0.25) is 10.0 Å². The molecule has 29 heavy (non-hydrogen) atoms. The average molecular weight is 431 g/mol. The number of piperazine rings is 1. The Hall–Kier alpha value is -1.62. The summed E-state index contributed by atoms with van der Waals surface area (Å²) in [6.07, 6.45) is 2.44. The van der Waals surface area contributed by atoms with Crippen LogP contribution in [0.4, 0.5) is 0 Å². The second kappa shape index (κ2) is 12.2. The number of hydrogen-bond donors (Lipinski definition) is 1. The summed E-state index contributed by atoms with van der Waals surface area (Å²) in [4.78, 5) is 6.69. The fourth-order valence-electron chi connectivity index (χ4n) is 2.96. The molecule has 1 N–H and O–H groups in total. The van der Waals surface area contributed by atoms with Gasteiger partial charge in [-0.2, -0.15) is 4.31 Å². The van der Waals surface area contributed by atoms with Gasteiger partial charge in [-0.25, -0.2) is 8.42 Å². The largest absolute Gasteiger partial charge is 0.469 e. The zero-order valence-electron chi connectivity index (χ0n) is 17.7. The second-order valence-electron chi connectivity index (χ2n) is 7.08. The molecule has 0 amide bonds. The summed E-state index contributed by atoms with van der Waals surface area (Å²) < 4.78 is 42.4. The average Bonchev–Trinajstić information content (AvgIpc) is 3.20. The van der Waals surface area contributed by atoms with E-state index in [-0.39, 0.29) is 18.5 Å². The van der Waals surface area contributed by atoms with Crippen molar-refractivity contribution in [3.63, 3.8) is 0 Å². The van der Waals surface area contributed by atoms with E-state index in [1.807, 2.05) is 26.0 Å². The Morgan fingerprint density at radius 1 is 1.28 bits per heavy atom. The van der Waals surface area contributed by atoms with Gasteiger partial charge in [0.25, 0.3) is 0 Å². The van der Waals surface area contributed by atoms with Crippen LogP contribution in [0.25, 0.3) is 0 Å². The highest BCUT2D eigenvalue weighted by Gasteiger charge is 2.28. The molecule has 1 aliphatic heterocycles. The highest BCUT2D eigenvalue weighted by Crippen LogP contribution is 2.09. The molecule has 0 unspecified atom stereocenters. The normalized spacial score (nSPS) is 16.6. The van der Waals surface area contributed by atoms with Crippen LogP contribution in [-0.2, 0) is 25.9 Å². The van der Waals surface area contributed by atoms with Crippen molar-refractivity contribution < 1.29 is 22.3 Å². The van der Waals surface area contributed by atoms with Crippen LogP contribution < -0.4 is 5.32 Å². The van der Waals surface area contributed by atoms with Crippen LogP contribution in [0.15, 0.2) is 27.8 Å². The molecule has 1 aromatic rings. The number of nitrogens with one attached hydrogen (secondary N) is 1. The van der Waals surface area contributed by atoms with E-state index in [1.165, 1.54) is 0 Å². The molecule has 2 heterocycles. The van der Waals surface area contributed by atoms with Gasteiger partial charge in [-0.1, -0.05) is 0 Å². The maximum absolute atomic E-state index is 12.5. The Morgan fingerprint density at radius 2 is 2.03 bits per heavy atom. The zero-order valence-corrected chi connectivity index (χ0v) is 18.5. The van der Waals surface area contributed by atoms with Crippen LogP contribution >= 0.6 is 0 Å². The SMILES string of the molecule is COCCN=C(NCCc1ccco1)N1CCN(S(=O)(=O)CCOC(C)C)CC1. The Morgan fingerprint density at radius 3 is 2.66 bits per heavy atom. The quantitative estimate of drug-likeness (QED) is 0.315. The predicted molar refractivity (Wildman–Crippen MR) is 113 cm³/mol. The minimum absolute atomic E-state index is 0.0152. The van der Waals surface area contributed by atoms with Gasteiger partial charge in [0.05, 0.1) is 37.9 Å². The van der Waals surface area contributed by atoms with E-state index in [1.54, 1.807) is 17.7 Å². The zero-order chi connectivity index (χ0) is 21.1. The van der Waals surface area contributed by atoms with Crippen LogP contribution in [0, 0.1) is 0 Å². The van der Waals surface area contributed by atoms with Gasteiger partial charge in [0.1, 0.15) is 5.76 Å². The van der Waals surface area contributed by atoms with Crippen molar-refractivity contribution in [2.24, 2.45) is 4.99 Å². The number of guanidine groups is 1. The summed E-state index contributed by atoms with van der Waals surface area (Å²) in [5, 5.41) is 3.36. The smallest absolute Gasteiger partial charge is 0.216 e. The molecule has 1 saturated heterocycles. The highest BCUT2D eigenvalue weighted by molar-refractivity contribution is 7.89. The van der Waals surface area contributed by atoms with Gasteiger partial charge in [-0.05, 0) is 26.0 Å². The van der Waals surface area contributed by atoms with E-state index in [0.29, 0.717) is 45.9 Å². The van der Waals surface area contributed by atoms with Gasteiger partial charge >= 0.3 is 0 Å². The second-order valence-corrected chi connectivity index (χ2v) is 9.16.